The van der Waals surface area contributed by atoms with Crippen LogP contribution in [0.1, 0.15) is 49.9 Å². The summed E-state index contributed by atoms with van der Waals surface area (Å²) in [5, 5.41) is 6.57. The van der Waals surface area contributed by atoms with Crippen LogP contribution in [0.4, 0.5) is 5.69 Å². The van der Waals surface area contributed by atoms with Crippen molar-refractivity contribution in [3.8, 4) is 0 Å². The molecule has 3 rings (SSSR count). The minimum Gasteiger partial charge on any atom is -0.340 e. The van der Waals surface area contributed by atoms with Gasteiger partial charge in [-0.05, 0) is 37.5 Å². The Labute approximate surface area is 152 Å². The second-order valence-electron chi connectivity index (χ2n) is 6.69. The van der Waals surface area contributed by atoms with Gasteiger partial charge in [-0.25, -0.2) is 8.42 Å². The zero-order valence-corrected chi connectivity index (χ0v) is 15.8. The number of hydrogen-bond donors (Lipinski definition) is 2. The molecule has 8 nitrogen and oxygen atoms in total. The number of rotatable bonds is 5. The third kappa shape index (κ3) is 3.63. The zero-order chi connectivity index (χ0) is 18.9. The Hall–Kier alpha value is -2.26. The number of amides is 1. The van der Waals surface area contributed by atoms with Gasteiger partial charge in [0, 0.05) is 19.5 Å². The number of anilines is 1. The lowest BCUT2D eigenvalue weighted by atomic mass is 9.98. The number of carbonyl (C=O) groups excluding carboxylic acids is 1. The van der Waals surface area contributed by atoms with Gasteiger partial charge >= 0.3 is 0 Å². The van der Waals surface area contributed by atoms with Gasteiger partial charge in [-0.15, -0.1) is 0 Å². The number of benzene rings is 1. The Bertz CT molecular complexity index is 930. The maximum absolute atomic E-state index is 13.1. The van der Waals surface area contributed by atoms with Crippen molar-refractivity contribution >= 4 is 21.6 Å². The molecule has 0 atom stereocenters. The fraction of sp³-hybridized carbons (Fsp3) is 0.471. The van der Waals surface area contributed by atoms with E-state index in [1.807, 2.05) is 0 Å². The summed E-state index contributed by atoms with van der Waals surface area (Å²) in [6.07, 6.45) is 2.97. The van der Waals surface area contributed by atoms with E-state index in [-0.39, 0.29) is 10.8 Å². The third-order valence-electron chi connectivity index (χ3n) is 4.54. The minimum atomic E-state index is -3.85. The number of hydrogen-bond acceptors (Lipinski definition) is 6. The highest BCUT2D eigenvalue weighted by molar-refractivity contribution is 7.89. The number of nitrogens with one attached hydrogen (secondary N) is 2. The van der Waals surface area contributed by atoms with E-state index in [2.05, 4.69) is 20.2 Å². The van der Waals surface area contributed by atoms with Gasteiger partial charge in [0.05, 0.1) is 10.4 Å². The van der Waals surface area contributed by atoms with Crippen molar-refractivity contribution in [1.82, 2.24) is 14.9 Å². The third-order valence-corrected chi connectivity index (χ3v) is 6.22. The van der Waals surface area contributed by atoms with Gasteiger partial charge in [-0.2, -0.15) is 9.71 Å². The highest BCUT2D eigenvalue weighted by atomic mass is 32.2. The number of nitrogens with zero attached hydrogens (tertiary/aromatic N) is 2. The Morgan fingerprint density at radius 3 is 2.50 bits per heavy atom. The first-order chi connectivity index (χ1) is 12.2. The van der Waals surface area contributed by atoms with Crippen molar-refractivity contribution in [3.05, 3.63) is 35.5 Å². The number of carbonyl (C=O) groups is 1. The number of aromatic nitrogens is 2. The Kier molecular flexibility index (Phi) is 4.85. The van der Waals surface area contributed by atoms with Gasteiger partial charge in [0.15, 0.2) is 5.82 Å². The SMILES string of the molecule is CC(=O)Nc1ccc(C)c(S(=O)(=O)NC2(c3noc(C)n3)CCCC2)c1. The Morgan fingerprint density at radius 1 is 1.23 bits per heavy atom. The standard InChI is InChI=1S/C17H22N4O4S/c1-11-6-7-14(18-12(2)22)10-15(11)26(23,24)21-17(8-4-5-9-17)16-19-13(3)25-20-16/h6-7,10,21H,4-5,8-9H2,1-3H3,(H,18,22). The van der Waals surface area contributed by atoms with Crippen molar-refractivity contribution in [2.75, 3.05) is 5.32 Å². The molecule has 0 saturated heterocycles. The molecule has 1 saturated carbocycles. The fourth-order valence-electron chi connectivity index (χ4n) is 3.33. The van der Waals surface area contributed by atoms with Crippen LogP contribution in [0.3, 0.4) is 0 Å². The van der Waals surface area contributed by atoms with Crippen LogP contribution in [0, 0.1) is 13.8 Å². The lowest BCUT2D eigenvalue weighted by molar-refractivity contribution is -0.114. The molecular weight excluding hydrogens is 356 g/mol. The van der Waals surface area contributed by atoms with E-state index in [4.69, 9.17) is 4.52 Å². The lowest BCUT2D eigenvalue weighted by Crippen LogP contribution is -2.44. The molecule has 2 aromatic rings. The minimum absolute atomic E-state index is 0.121. The van der Waals surface area contributed by atoms with Crippen LogP contribution >= 0.6 is 0 Å². The monoisotopic (exact) mass is 378 g/mol. The van der Waals surface area contributed by atoms with Crippen molar-refractivity contribution in [1.29, 1.82) is 0 Å². The molecule has 26 heavy (non-hydrogen) atoms. The molecule has 1 amide bonds. The van der Waals surface area contributed by atoms with Crippen LogP contribution in [-0.2, 0) is 20.4 Å². The first-order valence-corrected chi connectivity index (χ1v) is 9.93. The summed E-state index contributed by atoms with van der Waals surface area (Å²) >= 11 is 0. The largest absolute Gasteiger partial charge is 0.340 e. The predicted octanol–water partition coefficient (Wildman–Crippen LogP) is 2.39. The zero-order valence-electron chi connectivity index (χ0n) is 15.0. The van der Waals surface area contributed by atoms with Gasteiger partial charge in [-0.1, -0.05) is 24.1 Å². The summed E-state index contributed by atoms with van der Waals surface area (Å²) in [5.41, 5.74) is 0.149. The van der Waals surface area contributed by atoms with E-state index in [1.54, 1.807) is 26.0 Å². The van der Waals surface area contributed by atoms with E-state index < -0.39 is 15.6 Å². The molecule has 0 spiro atoms. The topological polar surface area (TPSA) is 114 Å². The summed E-state index contributed by atoms with van der Waals surface area (Å²) in [6.45, 7) is 4.76. The smallest absolute Gasteiger partial charge is 0.241 e. The van der Waals surface area contributed by atoms with Crippen LogP contribution < -0.4 is 10.0 Å². The summed E-state index contributed by atoms with van der Waals surface area (Å²) in [7, 11) is -3.85. The van der Waals surface area contributed by atoms with Crippen LogP contribution in [0.15, 0.2) is 27.6 Å². The molecule has 0 radical (unpaired) electrons. The maximum atomic E-state index is 13.1. The average Bonchev–Trinajstić information content (AvgIpc) is 3.18. The predicted molar refractivity (Wildman–Crippen MR) is 95.0 cm³/mol. The van der Waals surface area contributed by atoms with Gasteiger partial charge in [0.25, 0.3) is 0 Å². The van der Waals surface area contributed by atoms with Crippen molar-refractivity contribution in [3.63, 3.8) is 0 Å². The van der Waals surface area contributed by atoms with E-state index in [1.165, 1.54) is 13.0 Å². The molecule has 0 bridgehead atoms. The summed E-state index contributed by atoms with van der Waals surface area (Å²) in [6, 6.07) is 4.80. The summed E-state index contributed by atoms with van der Waals surface area (Å²) in [4.78, 5) is 15.7. The molecule has 1 aliphatic rings. The molecule has 0 aliphatic heterocycles. The van der Waals surface area contributed by atoms with E-state index in [0.717, 1.165) is 12.8 Å². The quantitative estimate of drug-likeness (QED) is 0.826. The summed E-state index contributed by atoms with van der Waals surface area (Å²) < 4.78 is 34.1. The highest BCUT2D eigenvalue weighted by Crippen LogP contribution is 2.39. The number of aryl methyl sites for hydroxylation is 2. The maximum Gasteiger partial charge on any atom is 0.241 e. The molecule has 1 aliphatic carbocycles. The highest BCUT2D eigenvalue weighted by Gasteiger charge is 2.43. The molecular formula is C17H22N4O4S. The molecule has 1 aromatic carbocycles. The average molecular weight is 378 g/mol. The van der Waals surface area contributed by atoms with E-state index >= 15 is 0 Å². The van der Waals surface area contributed by atoms with Crippen molar-refractivity contribution < 1.29 is 17.7 Å². The molecule has 1 heterocycles. The van der Waals surface area contributed by atoms with E-state index in [9.17, 15) is 13.2 Å². The van der Waals surface area contributed by atoms with Gasteiger partial charge in [0.1, 0.15) is 0 Å². The van der Waals surface area contributed by atoms with E-state index in [0.29, 0.717) is 35.8 Å². The molecule has 1 aromatic heterocycles. The molecule has 1 fully saturated rings. The van der Waals surface area contributed by atoms with Gasteiger partial charge in [-0.3, -0.25) is 4.79 Å². The first-order valence-electron chi connectivity index (χ1n) is 8.45. The second-order valence-corrected chi connectivity index (χ2v) is 8.34. The van der Waals surface area contributed by atoms with Crippen molar-refractivity contribution in [2.24, 2.45) is 0 Å². The fourth-order valence-corrected chi connectivity index (χ4v) is 5.02. The van der Waals surface area contributed by atoms with Crippen molar-refractivity contribution in [2.45, 2.75) is 56.9 Å². The van der Waals surface area contributed by atoms with Crippen LogP contribution in [0.2, 0.25) is 0 Å². The summed E-state index contributed by atoms with van der Waals surface area (Å²) in [5.74, 6) is 0.501. The second kappa shape index (κ2) is 6.81. The van der Waals surface area contributed by atoms with Crippen LogP contribution in [-0.4, -0.2) is 24.5 Å². The normalized spacial score (nSPS) is 16.6. The molecule has 9 heteroatoms. The number of sulfonamides is 1. The van der Waals surface area contributed by atoms with Crippen LogP contribution in [0.5, 0.6) is 0 Å². The molecule has 2 N–H and O–H groups in total. The Balaban J connectivity index is 1.98. The van der Waals surface area contributed by atoms with Gasteiger partial charge < -0.3 is 9.84 Å². The van der Waals surface area contributed by atoms with Crippen LogP contribution in [0.25, 0.3) is 0 Å². The van der Waals surface area contributed by atoms with Gasteiger partial charge in [0.2, 0.25) is 21.8 Å². The first kappa shape index (κ1) is 18.5. The molecule has 140 valence electrons. The Morgan fingerprint density at radius 2 is 1.92 bits per heavy atom. The lowest BCUT2D eigenvalue weighted by Gasteiger charge is -2.27. The molecule has 0 unspecified atom stereocenters.